The molecule has 0 spiro atoms. The summed E-state index contributed by atoms with van der Waals surface area (Å²) in [5.74, 6) is -1.33. The maximum Gasteiger partial charge on any atom is 0.305 e. The molecule has 1 rings (SSSR count). The molecule has 0 saturated heterocycles. The summed E-state index contributed by atoms with van der Waals surface area (Å²) in [5, 5.41) is 13.2. The van der Waals surface area contributed by atoms with Gasteiger partial charge in [-0.25, -0.2) is 0 Å². The predicted molar refractivity (Wildman–Crippen MR) is 79.1 cm³/mol. The molecule has 0 heterocycles. The Hall–Kier alpha value is -2.22. The highest BCUT2D eigenvalue weighted by molar-refractivity contribution is 5.77. The molecule has 8 heteroatoms. The van der Waals surface area contributed by atoms with Crippen molar-refractivity contribution in [2.45, 2.75) is 32.2 Å². The van der Waals surface area contributed by atoms with Crippen molar-refractivity contribution in [3.8, 4) is 5.75 Å². The van der Waals surface area contributed by atoms with Crippen LogP contribution in [-0.4, -0.2) is 30.0 Å². The zero-order valence-electron chi connectivity index (χ0n) is 12.4. The molecule has 1 unspecified atom stereocenters. The Morgan fingerprint density at radius 3 is 2.82 bits per heavy atom. The number of hydrogen-bond donors (Lipinski definition) is 2. The van der Waals surface area contributed by atoms with Crippen LogP contribution < -0.4 is 15.8 Å². The smallest absolute Gasteiger partial charge is 0.305 e. The fourth-order valence-corrected chi connectivity index (χ4v) is 1.84. The van der Waals surface area contributed by atoms with Crippen LogP contribution in [0, 0.1) is 15.9 Å². The van der Waals surface area contributed by atoms with Crippen molar-refractivity contribution < 1.29 is 18.8 Å². The Kier molecular flexibility index (Phi) is 7.24. The molecule has 0 aliphatic carbocycles. The number of benzene rings is 1. The van der Waals surface area contributed by atoms with Crippen LogP contribution >= 0.6 is 0 Å². The van der Waals surface area contributed by atoms with E-state index in [9.17, 15) is 19.3 Å². The van der Waals surface area contributed by atoms with E-state index in [1.165, 1.54) is 6.07 Å². The van der Waals surface area contributed by atoms with Gasteiger partial charge < -0.3 is 15.8 Å². The van der Waals surface area contributed by atoms with Crippen molar-refractivity contribution in [1.29, 1.82) is 0 Å². The number of ether oxygens (including phenoxy) is 1. The van der Waals surface area contributed by atoms with Crippen molar-refractivity contribution in [1.82, 2.24) is 5.32 Å². The van der Waals surface area contributed by atoms with Crippen molar-refractivity contribution >= 4 is 11.6 Å². The first-order chi connectivity index (χ1) is 10.5. The van der Waals surface area contributed by atoms with Crippen LogP contribution in [0.4, 0.5) is 10.1 Å². The normalized spacial score (nSPS) is 11.8. The van der Waals surface area contributed by atoms with Crippen LogP contribution in [0.2, 0.25) is 0 Å². The second-order valence-electron chi connectivity index (χ2n) is 4.80. The zero-order chi connectivity index (χ0) is 16.5. The quantitative estimate of drug-likeness (QED) is 0.533. The molecule has 1 atom stereocenters. The first kappa shape index (κ1) is 17.8. The number of unbranched alkanes of at least 4 members (excludes halogenated alkanes) is 1. The van der Waals surface area contributed by atoms with Gasteiger partial charge in [-0.05, 0) is 12.5 Å². The molecule has 0 aliphatic heterocycles. The van der Waals surface area contributed by atoms with Crippen molar-refractivity contribution in [3.63, 3.8) is 0 Å². The highest BCUT2D eigenvalue weighted by Crippen LogP contribution is 2.22. The lowest BCUT2D eigenvalue weighted by Crippen LogP contribution is -2.42. The number of nitrogens with one attached hydrogen (secondary N) is 1. The molecule has 0 bridgehead atoms. The third-order valence-electron chi connectivity index (χ3n) is 3.04. The van der Waals surface area contributed by atoms with Gasteiger partial charge in [0.05, 0.1) is 4.92 Å². The van der Waals surface area contributed by atoms with E-state index in [1.54, 1.807) is 0 Å². The van der Waals surface area contributed by atoms with E-state index in [2.05, 4.69) is 5.32 Å². The van der Waals surface area contributed by atoms with Gasteiger partial charge in [-0.3, -0.25) is 14.9 Å². The van der Waals surface area contributed by atoms with Gasteiger partial charge in [-0.2, -0.15) is 4.39 Å². The Morgan fingerprint density at radius 2 is 2.27 bits per heavy atom. The van der Waals surface area contributed by atoms with Gasteiger partial charge in [0.25, 0.3) is 5.91 Å². The van der Waals surface area contributed by atoms with Crippen LogP contribution in [0.5, 0.6) is 5.75 Å². The summed E-state index contributed by atoms with van der Waals surface area (Å²) < 4.78 is 18.5. The molecule has 1 amide bonds. The standard InChI is InChI=1S/C14H20FN3O4/c1-2-3-4-10(8-16)17-14(19)9-22-11-5-6-13(18(20)21)12(15)7-11/h5-7,10H,2-4,8-9,16H2,1H3,(H,17,19). The second kappa shape index (κ2) is 8.93. The SMILES string of the molecule is CCCCC(CN)NC(=O)COc1ccc([N+](=O)[O-])c(F)c1. The molecule has 7 nitrogen and oxygen atoms in total. The van der Waals surface area contributed by atoms with Crippen LogP contribution in [0.25, 0.3) is 0 Å². The summed E-state index contributed by atoms with van der Waals surface area (Å²) in [4.78, 5) is 21.4. The number of carbonyl (C=O) groups excluding carboxylic acids is 1. The van der Waals surface area contributed by atoms with Crippen molar-refractivity contribution in [3.05, 3.63) is 34.1 Å². The van der Waals surface area contributed by atoms with E-state index in [4.69, 9.17) is 10.5 Å². The minimum Gasteiger partial charge on any atom is -0.484 e. The van der Waals surface area contributed by atoms with E-state index in [1.807, 2.05) is 6.92 Å². The number of nitrogens with zero attached hydrogens (tertiary/aromatic N) is 1. The average molecular weight is 313 g/mol. The van der Waals surface area contributed by atoms with Gasteiger partial charge in [-0.15, -0.1) is 0 Å². The molecule has 0 saturated carbocycles. The summed E-state index contributed by atoms with van der Waals surface area (Å²) in [6.45, 7) is 2.07. The number of nitro benzene ring substituents is 1. The zero-order valence-corrected chi connectivity index (χ0v) is 12.4. The lowest BCUT2D eigenvalue weighted by Gasteiger charge is -2.16. The molecular weight excluding hydrogens is 293 g/mol. The topological polar surface area (TPSA) is 107 Å². The molecule has 0 aromatic heterocycles. The van der Waals surface area contributed by atoms with E-state index in [-0.39, 0.29) is 24.3 Å². The highest BCUT2D eigenvalue weighted by Gasteiger charge is 2.15. The molecule has 0 fully saturated rings. The largest absolute Gasteiger partial charge is 0.484 e. The molecule has 1 aromatic rings. The molecular formula is C14H20FN3O4. The minimum absolute atomic E-state index is 0.0520. The minimum atomic E-state index is -1.01. The van der Waals surface area contributed by atoms with Crippen LogP contribution in [0.1, 0.15) is 26.2 Å². The van der Waals surface area contributed by atoms with Crippen molar-refractivity contribution in [2.75, 3.05) is 13.2 Å². The summed E-state index contributed by atoms with van der Waals surface area (Å²) >= 11 is 0. The van der Waals surface area contributed by atoms with Crippen LogP contribution in [-0.2, 0) is 4.79 Å². The molecule has 1 aromatic carbocycles. The third kappa shape index (κ3) is 5.65. The molecule has 122 valence electrons. The first-order valence-electron chi connectivity index (χ1n) is 7.04. The third-order valence-corrected chi connectivity index (χ3v) is 3.04. The maximum absolute atomic E-state index is 13.4. The fraction of sp³-hybridized carbons (Fsp3) is 0.500. The Bertz CT molecular complexity index is 525. The number of nitro groups is 1. The van der Waals surface area contributed by atoms with Gasteiger partial charge in [0.1, 0.15) is 5.75 Å². The van der Waals surface area contributed by atoms with E-state index in [0.717, 1.165) is 31.4 Å². The van der Waals surface area contributed by atoms with Gasteiger partial charge in [0, 0.05) is 24.7 Å². The van der Waals surface area contributed by atoms with Crippen LogP contribution in [0.15, 0.2) is 18.2 Å². The highest BCUT2D eigenvalue weighted by atomic mass is 19.1. The summed E-state index contributed by atoms with van der Waals surface area (Å²) in [6.07, 6.45) is 2.74. The van der Waals surface area contributed by atoms with Crippen molar-refractivity contribution in [2.24, 2.45) is 5.73 Å². The predicted octanol–water partition coefficient (Wildman–Crippen LogP) is 1.75. The van der Waals surface area contributed by atoms with Gasteiger partial charge >= 0.3 is 5.69 Å². The lowest BCUT2D eigenvalue weighted by molar-refractivity contribution is -0.387. The number of hydrogen-bond acceptors (Lipinski definition) is 5. The van der Waals surface area contributed by atoms with E-state index in [0.29, 0.717) is 6.54 Å². The van der Waals surface area contributed by atoms with Gasteiger partial charge in [0.15, 0.2) is 6.61 Å². The number of nitrogens with two attached hydrogens (primary N) is 1. The second-order valence-corrected chi connectivity index (χ2v) is 4.80. The molecule has 0 radical (unpaired) electrons. The fourth-order valence-electron chi connectivity index (χ4n) is 1.84. The molecule has 22 heavy (non-hydrogen) atoms. The van der Waals surface area contributed by atoms with E-state index < -0.39 is 16.4 Å². The Labute approximate surface area is 127 Å². The number of rotatable bonds is 9. The summed E-state index contributed by atoms with van der Waals surface area (Å²) in [7, 11) is 0. The lowest BCUT2D eigenvalue weighted by atomic mass is 10.1. The van der Waals surface area contributed by atoms with Crippen LogP contribution in [0.3, 0.4) is 0 Å². The van der Waals surface area contributed by atoms with Gasteiger partial charge in [0.2, 0.25) is 5.82 Å². The Morgan fingerprint density at radius 1 is 1.55 bits per heavy atom. The van der Waals surface area contributed by atoms with E-state index >= 15 is 0 Å². The van der Waals surface area contributed by atoms with Gasteiger partial charge in [-0.1, -0.05) is 19.8 Å². The number of carbonyl (C=O) groups is 1. The summed E-state index contributed by atoms with van der Waals surface area (Å²) in [5.41, 5.74) is 4.93. The Balaban J connectivity index is 2.50. The summed E-state index contributed by atoms with van der Waals surface area (Å²) in [6, 6.07) is 2.99. The molecule has 0 aliphatic rings. The molecule has 3 N–H and O–H groups in total. The number of halogens is 1. The average Bonchev–Trinajstić information content (AvgIpc) is 2.49. The number of amides is 1. The monoisotopic (exact) mass is 313 g/mol. The first-order valence-corrected chi connectivity index (χ1v) is 7.04. The maximum atomic E-state index is 13.4.